The number of aromatic nitrogens is 2. The number of amides is 1. The smallest absolute Gasteiger partial charge is 0.340 e. The third-order valence-corrected chi connectivity index (χ3v) is 7.30. The van der Waals surface area contributed by atoms with Crippen LogP contribution in [0.15, 0.2) is 0 Å². The Balaban J connectivity index is 1.88. The molecule has 2 aliphatic carbocycles. The summed E-state index contributed by atoms with van der Waals surface area (Å²) in [5, 5.41) is 5.69. The van der Waals surface area contributed by atoms with Crippen molar-refractivity contribution in [1.82, 2.24) is 9.78 Å². The van der Waals surface area contributed by atoms with Gasteiger partial charge < -0.3 is 5.73 Å². The minimum absolute atomic E-state index is 0.459. The van der Waals surface area contributed by atoms with Gasteiger partial charge in [-0.05, 0) is 50.0 Å². The number of carbonyl (C=O) groups is 1. The quantitative estimate of drug-likeness (QED) is 0.789. The molecule has 0 aromatic carbocycles. The minimum atomic E-state index is -0.459. The monoisotopic (exact) mass is 345 g/mol. The molecule has 130 valence electrons. The van der Waals surface area contributed by atoms with E-state index in [0.717, 1.165) is 10.5 Å². The van der Waals surface area contributed by atoms with Gasteiger partial charge in [0.15, 0.2) is 0 Å². The highest BCUT2D eigenvalue weighted by Gasteiger charge is 2.31. The topological polar surface area (TPSA) is 60.9 Å². The maximum Gasteiger partial charge on any atom is 0.340 e. The van der Waals surface area contributed by atoms with Crippen molar-refractivity contribution in [3.63, 3.8) is 0 Å². The van der Waals surface area contributed by atoms with Crippen molar-refractivity contribution < 1.29 is 4.79 Å². The molecule has 0 unspecified atom stereocenters. The van der Waals surface area contributed by atoms with Crippen molar-refractivity contribution in [3.8, 4) is 0 Å². The molecule has 4 nitrogen and oxygen atoms in total. The maximum absolute atomic E-state index is 11.8. The lowest BCUT2D eigenvalue weighted by molar-refractivity contribution is 0.248. The van der Waals surface area contributed by atoms with Gasteiger partial charge in [-0.3, -0.25) is 0 Å². The molecular formula is C19H27N3OS. The van der Waals surface area contributed by atoms with Gasteiger partial charge in [0, 0.05) is 10.3 Å². The number of hydrogen-bond donors (Lipinski definition) is 1. The first-order chi connectivity index (χ1) is 11.7. The SMILES string of the molecule is Cc1nn(C(N)=O)c2sc(C3CCCCC3)c(C3CCCCC3)c12. The van der Waals surface area contributed by atoms with Crippen LogP contribution in [0.4, 0.5) is 4.79 Å². The normalized spacial score (nSPS) is 20.7. The zero-order chi connectivity index (χ0) is 16.7. The lowest BCUT2D eigenvalue weighted by atomic mass is 9.79. The third-order valence-electron chi connectivity index (χ3n) is 5.96. The molecule has 2 fully saturated rings. The second kappa shape index (κ2) is 6.51. The second-order valence-corrected chi connectivity index (χ2v) is 8.60. The number of carbonyl (C=O) groups excluding carboxylic acids is 1. The minimum Gasteiger partial charge on any atom is -0.350 e. The summed E-state index contributed by atoms with van der Waals surface area (Å²) in [6.07, 6.45) is 13.2. The molecule has 2 aliphatic rings. The first kappa shape index (κ1) is 16.1. The van der Waals surface area contributed by atoms with Crippen LogP contribution < -0.4 is 5.73 Å². The molecule has 0 atom stereocenters. The maximum atomic E-state index is 11.8. The number of thiophene rings is 1. The molecule has 1 amide bonds. The molecule has 2 saturated carbocycles. The Bertz CT molecular complexity index is 748. The largest absolute Gasteiger partial charge is 0.350 e. The number of primary amides is 1. The van der Waals surface area contributed by atoms with Crippen LogP contribution in [0, 0.1) is 6.92 Å². The molecule has 2 aromatic rings. The molecule has 0 aliphatic heterocycles. The van der Waals surface area contributed by atoms with Crippen LogP contribution in [0.25, 0.3) is 10.2 Å². The van der Waals surface area contributed by atoms with Gasteiger partial charge in [-0.15, -0.1) is 11.3 Å². The van der Waals surface area contributed by atoms with Crippen LogP contribution in [0.2, 0.25) is 0 Å². The standard InChI is InChI=1S/C19H27N3OS/c1-12-15-16(13-8-4-2-5-9-13)17(14-10-6-3-7-11-14)24-18(15)22(21-12)19(20)23/h13-14H,2-11H2,1H3,(H2,20,23). The molecule has 0 bridgehead atoms. The highest BCUT2D eigenvalue weighted by Crippen LogP contribution is 2.49. The highest BCUT2D eigenvalue weighted by molar-refractivity contribution is 7.19. The van der Waals surface area contributed by atoms with Crippen LogP contribution in [0.5, 0.6) is 0 Å². The van der Waals surface area contributed by atoms with Crippen molar-refractivity contribution in [3.05, 3.63) is 16.1 Å². The van der Waals surface area contributed by atoms with E-state index in [2.05, 4.69) is 5.10 Å². The number of nitrogens with zero attached hydrogens (tertiary/aromatic N) is 2. The predicted molar refractivity (Wildman–Crippen MR) is 99.0 cm³/mol. The lowest BCUT2D eigenvalue weighted by Gasteiger charge is -2.27. The number of hydrogen-bond acceptors (Lipinski definition) is 3. The average Bonchev–Trinajstić information content (AvgIpc) is 3.14. The first-order valence-corrected chi connectivity index (χ1v) is 10.3. The summed E-state index contributed by atoms with van der Waals surface area (Å²) >= 11 is 1.80. The van der Waals surface area contributed by atoms with Crippen LogP contribution in [-0.2, 0) is 0 Å². The Labute approximate surface area is 147 Å². The number of aryl methyl sites for hydroxylation is 1. The van der Waals surface area contributed by atoms with Gasteiger partial charge in [0.1, 0.15) is 4.83 Å². The summed E-state index contributed by atoms with van der Waals surface area (Å²) in [7, 11) is 0. The summed E-state index contributed by atoms with van der Waals surface area (Å²) in [6.45, 7) is 2.03. The van der Waals surface area contributed by atoms with Crippen molar-refractivity contribution in [2.24, 2.45) is 5.73 Å². The first-order valence-electron chi connectivity index (χ1n) is 9.48. The Morgan fingerprint density at radius 2 is 1.62 bits per heavy atom. The molecule has 4 rings (SSSR count). The fraction of sp³-hybridized carbons (Fsp3) is 0.684. The van der Waals surface area contributed by atoms with Gasteiger partial charge >= 0.3 is 6.03 Å². The Morgan fingerprint density at radius 1 is 1.04 bits per heavy atom. The summed E-state index contributed by atoms with van der Waals surface area (Å²) in [5.74, 6) is 1.32. The van der Waals surface area contributed by atoms with E-state index in [1.165, 1.54) is 79.8 Å². The molecule has 5 heteroatoms. The summed E-state index contributed by atoms with van der Waals surface area (Å²) in [5.41, 5.74) is 8.09. The molecule has 0 spiro atoms. The van der Waals surface area contributed by atoms with E-state index < -0.39 is 6.03 Å². The van der Waals surface area contributed by atoms with Crippen LogP contribution in [0.1, 0.15) is 92.2 Å². The van der Waals surface area contributed by atoms with E-state index in [1.807, 2.05) is 6.92 Å². The van der Waals surface area contributed by atoms with Crippen molar-refractivity contribution in [2.45, 2.75) is 83.0 Å². The van der Waals surface area contributed by atoms with Gasteiger partial charge in [0.05, 0.1) is 5.69 Å². The highest BCUT2D eigenvalue weighted by atomic mass is 32.1. The van der Waals surface area contributed by atoms with E-state index in [4.69, 9.17) is 5.73 Å². The van der Waals surface area contributed by atoms with E-state index in [-0.39, 0.29) is 0 Å². The molecule has 24 heavy (non-hydrogen) atoms. The Kier molecular flexibility index (Phi) is 4.37. The molecular weight excluding hydrogens is 318 g/mol. The molecule has 0 radical (unpaired) electrons. The zero-order valence-electron chi connectivity index (χ0n) is 14.5. The van der Waals surface area contributed by atoms with Crippen LogP contribution >= 0.6 is 11.3 Å². The summed E-state index contributed by atoms with van der Waals surface area (Å²) < 4.78 is 1.44. The van der Waals surface area contributed by atoms with Crippen molar-refractivity contribution in [2.75, 3.05) is 0 Å². The molecule has 2 N–H and O–H groups in total. The number of nitrogens with two attached hydrogens (primary N) is 1. The number of fused-ring (bicyclic) bond motifs is 1. The zero-order valence-corrected chi connectivity index (χ0v) is 15.3. The van der Waals surface area contributed by atoms with Gasteiger partial charge in [0.2, 0.25) is 0 Å². The fourth-order valence-electron chi connectivity index (χ4n) is 4.81. The van der Waals surface area contributed by atoms with Crippen molar-refractivity contribution >= 4 is 27.6 Å². The van der Waals surface area contributed by atoms with Gasteiger partial charge in [-0.25, -0.2) is 4.79 Å². The molecule has 2 heterocycles. The van der Waals surface area contributed by atoms with Crippen molar-refractivity contribution in [1.29, 1.82) is 0 Å². The van der Waals surface area contributed by atoms with E-state index in [1.54, 1.807) is 16.2 Å². The molecule has 0 saturated heterocycles. The van der Waals surface area contributed by atoms with Crippen LogP contribution in [0.3, 0.4) is 0 Å². The van der Waals surface area contributed by atoms with Gasteiger partial charge in [-0.1, -0.05) is 38.5 Å². The Morgan fingerprint density at radius 3 is 2.21 bits per heavy atom. The fourth-order valence-corrected chi connectivity index (χ4v) is 6.37. The lowest BCUT2D eigenvalue weighted by Crippen LogP contribution is -2.20. The van der Waals surface area contributed by atoms with E-state index >= 15 is 0 Å². The van der Waals surface area contributed by atoms with Gasteiger partial charge in [-0.2, -0.15) is 9.78 Å². The molecule has 2 aromatic heterocycles. The average molecular weight is 346 g/mol. The van der Waals surface area contributed by atoms with Gasteiger partial charge in [0.25, 0.3) is 0 Å². The number of rotatable bonds is 2. The predicted octanol–water partition coefficient (Wildman–Crippen LogP) is 5.43. The third kappa shape index (κ3) is 2.67. The second-order valence-electron chi connectivity index (χ2n) is 7.57. The van der Waals surface area contributed by atoms with Crippen LogP contribution in [-0.4, -0.2) is 15.8 Å². The summed E-state index contributed by atoms with van der Waals surface area (Å²) in [4.78, 5) is 14.4. The Hall–Kier alpha value is -1.36. The summed E-state index contributed by atoms with van der Waals surface area (Å²) in [6, 6.07) is -0.459. The van der Waals surface area contributed by atoms with E-state index in [0.29, 0.717) is 11.8 Å². The van der Waals surface area contributed by atoms with E-state index in [9.17, 15) is 4.79 Å².